The van der Waals surface area contributed by atoms with E-state index in [9.17, 15) is 14.4 Å². The average molecular weight is 292 g/mol. The fourth-order valence-corrected chi connectivity index (χ4v) is 1.89. The van der Waals surface area contributed by atoms with E-state index in [-0.39, 0.29) is 18.7 Å². The van der Waals surface area contributed by atoms with Crippen molar-refractivity contribution in [3.8, 4) is 0 Å². The van der Waals surface area contributed by atoms with Gasteiger partial charge in [-0.25, -0.2) is 4.79 Å². The zero-order valence-electron chi connectivity index (χ0n) is 11.8. The number of nitrogens with zero attached hydrogens (tertiary/aromatic N) is 1. The first-order valence-corrected chi connectivity index (χ1v) is 6.43. The number of ether oxygens (including phenoxy) is 1. The molecule has 0 aliphatic carbocycles. The first kappa shape index (κ1) is 14.8. The summed E-state index contributed by atoms with van der Waals surface area (Å²) in [4.78, 5) is 33.9. The summed E-state index contributed by atoms with van der Waals surface area (Å²) in [5, 5.41) is 2.70. The molecule has 0 fully saturated rings. The molecular weight excluding hydrogens is 276 g/mol. The number of aromatic nitrogens is 1. The Hall–Kier alpha value is -2.57. The molecule has 1 N–H and O–H groups in total. The number of esters is 1. The van der Waals surface area contributed by atoms with Gasteiger partial charge in [-0.2, -0.15) is 0 Å². The SMILES string of the molecule is COC(=O)CCC(=O)NCc1ccc2oc(=O)n(C)c2c1. The Kier molecular flexibility index (Phi) is 4.42. The maximum Gasteiger partial charge on any atom is 0.419 e. The molecule has 0 radical (unpaired) electrons. The van der Waals surface area contributed by atoms with Crippen LogP contribution in [0.5, 0.6) is 0 Å². The van der Waals surface area contributed by atoms with Crippen molar-refractivity contribution in [3.05, 3.63) is 34.3 Å². The van der Waals surface area contributed by atoms with Gasteiger partial charge in [0.05, 0.1) is 19.0 Å². The Morgan fingerprint density at radius 1 is 1.33 bits per heavy atom. The number of methoxy groups -OCH3 is 1. The molecule has 21 heavy (non-hydrogen) atoms. The quantitative estimate of drug-likeness (QED) is 0.819. The largest absolute Gasteiger partial charge is 0.469 e. The van der Waals surface area contributed by atoms with Gasteiger partial charge in [0.25, 0.3) is 0 Å². The topological polar surface area (TPSA) is 90.5 Å². The van der Waals surface area contributed by atoms with Gasteiger partial charge < -0.3 is 14.5 Å². The summed E-state index contributed by atoms with van der Waals surface area (Å²) in [6, 6.07) is 5.24. The third-order valence-corrected chi connectivity index (χ3v) is 3.13. The zero-order valence-corrected chi connectivity index (χ0v) is 11.8. The highest BCUT2D eigenvalue weighted by Crippen LogP contribution is 2.14. The molecule has 0 bridgehead atoms. The van der Waals surface area contributed by atoms with Crippen LogP contribution in [0.1, 0.15) is 18.4 Å². The van der Waals surface area contributed by atoms with Gasteiger partial charge in [0.15, 0.2) is 5.58 Å². The van der Waals surface area contributed by atoms with Gasteiger partial charge >= 0.3 is 11.7 Å². The number of amides is 1. The minimum absolute atomic E-state index is 0.0532. The molecular formula is C14H16N2O5. The molecule has 7 heteroatoms. The van der Waals surface area contributed by atoms with Crippen molar-refractivity contribution in [1.29, 1.82) is 0 Å². The minimum atomic E-state index is -0.427. The number of aryl methyl sites for hydroxylation is 1. The molecule has 1 amide bonds. The molecule has 7 nitrogen and oxygen atoms in total. The number of benzene rings is 1. The van der Waals surface area contributed by atoms with E-state index in [0.29, 0.717) is 17.6 Å². The van der Waals surface area contributed by atoms with Gasteiger partial charge in [0.1, 0.15) is 0 Å². The zero-order chi connectivity index (χ0) is 15.4. The first-order valence-electron chi connectivity index (χ1n) is 6.43. The standard InChI is InChI=1S/C14H16N2O5/c1-16-10-7-9(3-4-11(10)21-14(16)19)8-15-12(17)5-6-13(18)20-2/h3-4,7H,5-6,8H2,1-2H3,(H,15,17). The van der Waals surface area contributed by atoms with Crippen LogP contribution in [0.2, 0.25) is 0 Å². The number of carbonyl (C=O) groups is 2. The average Bonchev–Trinajstić information content (AvgIpc) is 2.77. The van der Waals surface area contributed by atoms with Gasteiger partial charge in [-0.1, -0.05) is 6.07 Å². The summed E-state index contributed by atoms with van der Waals surface area (Å²) < 4.78 is 10.9. The van der Waals surface area contributed by atoms with Crippen molar-refractivity contribution >= 4 is 23.0 Å². The van der Waals surface area contributed by atoms with E-state index < -0.39 is 11.7 Å². The van der Waals surface area contributed by atoms with Crippen LogP contribution < -0.4 is 11.1 Å². The summed E-state index contributed by atoms with van der Waals surface area (Å²) in [6.45, 7) is 0.315. The van der Waals surface area contributed by atoms with Crippen LogP contribution in [0, 0.1) is 0 Å². The van der Waals surface area contributed by atoms with Gasteiger partial charge in [0.2, 0.25) is 5.91 Å². The Morgan fingerprint density at radius 3 is 2.81 bits per heavy atom. The highest BCUT2D eigenvalue weighted by atomic mass is 16.5. The number of nitrogens with one attached hydrogen (secondary N) is 1. The highest BCUT2D eigenvalue weighted by Gasteiger charge is 2.09. The Balaban J connectivity index is 1.97. The molecule has 0 aliphatic rings. The summed E-state index contributed by atoms with van der Waals surface area (Å²) in [5.41, 5.74) is 2.01. The molecule has 0 saturated carbocycles. The molecule has 1 aromatic heterocycles. The molecule has 0 atom stereocenters. The fourth-order valence-electron chi connectivity index (χ4n) is 1.89. The molecule has 0 aliphatic heterocycles. The van der Waals surface area contributed by atoms with E-state index in [1.807, 2.05) is 0 Å². The van der Waals surface area contributed by atoms with Gasteiger partial charge in [0, 0.05) is 20.0 Å². The third kappa shape index (κ3) is 3.50. The lowest BCUT2D eigenvalue weighted by Crippen LogP contribution is -2.23. The van der Waals surface area contributed by atoms with E-state index >= 15 is 0 Å². The number of rotatable bonds is 5. The summed E-state index contributed by atoms with van der Waals surface area (Å²) >= 11 is 0. The summed E-state index contributed by atoms with van der Waals surface area (Å²) in [5.74, 6) is -1.08. The van der Waals surface area contributed by atoms with E-state index in [1.165, 1.54) is 11.7 Å². The van der Waals surface area contributed by atoms with Crippen LogP contribution in [0.4, 0.5) is 0 Å². The van der Waals surface area contributed by atoms with Crippen molar-refractivity contribution in [2.45, 2.75) is 19.4 Å². The van der Waals surface area contributed by atoms with Gasteiger partial charge in [-0.3, -0.25) is 14.2 Å². The fraction of sp³-hybridized carbons (Fsp3) is 0.357. The Bertz CT molecular complexity index is 729. The second-order valence-corrected chi connectivity index (χ2v) is 4.58. The lowest BCUT2D eigenvalue weighted by Gasteiger charge is -2.05. The van der Waals surface area contributed by atoms with E-state index in [0.717, 1.165) is 5.56 Å². The molecule has 0 saturated heterocycles. The van der Waals surface area contributed by atoms with Crippen molar-refractivity contribution in [2.75, 3.05) is 7.11 Å². The summed E-state index contributed by atoms with van der Waals surface area (Å²) in [6.07, 6.45) is 0.136. The number of fused-ring (bicyclic) bond motifs is 1. The maximum absolute atomic E-state index is 11.6. The molecule has 112 valence electrons. The van der Waals surface area contributed by atoms with Crippen molar-refractivity contribution in [2.24, 2.45) is 7.05 Å². The lowest BCUT2D eigenvalue weighted by molar-refractivity contribution is -0.142. The number of hydrogen-bond donors (Lipinski definition) is 1. The third-order valence-electron chi connectivity index (χ3n) is 3.13. The van der Waals surface area contributed by atoms with Crippen LogP contribution >= 0.6 is 0 Å². The Morgan fingerprint density at radius 2 is 2.10 bits per heavy atom. The van der Waals surface area contributed by atoms with Crippen molar-refractivity contribution in [1.82, 2.24) is 9.88 Å². The summed E-state index contributed by atoms with van der Waals surface area (Å²) in [7, 11) is 2.90. The van der Waals surface area contributed by atoms with Crippen LogP contribution in [0.25, 0.3) is 11.1 Å². The smallest absolute Gasteiger partial charge is 0.419 e. The predicted octanol–water partition coefficient (Wildman–Crippen LogP) is 0.701. The first-order chi connectivity index (χ1) is 10.0. The van der Waals surface area contributed by atoms with E-state index in [2.05, 4.69) is 10.1 Å². The van der Waals surface area contributed by atoms with Crippen molar-refractivity contribution < 1.29 is 18.7 Å². The molecule has 1 aromatic carbocycles. The number of hydrogen-bond acceptors (Lipinski definition) is 5. The van der Waals surface area contributed by atoms with E-state index in [1.54, 1.807) is 25.2 Å². The second kappa shape index (κ2) is 6.25. The van der Waals surface area contributed by atoms with Crippen LogP contribution in [-0.4, -0.2) is 23.6 Å². The number of carbonyl (C=O) groups excluding carboxylic acids is 2. The molecule has 2 aromatic rings. The maximum atomic E-state index is 11.6. The highest BCUT2D eigenvalue weighted by molar-refractivity contribution is 5.81. The van der Waals surface area contributed by atoms with Crippen molar-refractivity contribution in [3.63, 3.8) is 0 Å². The normalized spacial score (nSPS) is 10.6. The number of oxazole rings is 1. The second-order valence-electron chi connectivity index (χ2n) is 4.58. The molecule has 0 unspecified atom stereocenters. The van der Waals surface area contributed by atoms with Crippen LogP contribution in [0.15, 0.2) is 27.4 Å². The lowest BCUT2D eigenvalue weighted by atomic mass is 10.2. The van der Waals surface area contributed by atoms with E-state index in [4.69, 9.17) is 4.42 Å². The molecule has 1 heterocycles. The molecule has 0 spiro atoms. The van der Waals surface area contributed by atoms with Crippen LogP contribution in [-0.2, 0) is 27.9 Å². The minimum Gasteiger partial charge on any atom is -0.469 e. The van der Waals surface area contributed by atoms with Gasteiger partial charge in [-0.05, 0) is 17.7 Å². The Labute approximate surface area is 120 Å². The van der Waals surface area contributed by atoms with Gasteiger partial charge in [-0.15, -0.1) is 0 Å². The molecule has 2 rings (SSSR count). The predicted molar refractivity (Wildman–Crippen MR) is 74.6 cm³/mol. The monoisotopic (exact) mass is 292 g/mol. The van der Waals surface area contributed by atoms with Crippen LogP contribution in [0.3, 0.4) is 0 Å².